The predicted octanol–water partition coefficient (Wildman–Crippen LogP) is 4.85. The van der Waals surface area contributed by atoms with Crippen molar-refractivity contribution in [1.82, 2.24) is 14.5 Å². The van der Waals surface area contributed by atoms with Crippen molar-refractivity contribution in [3.8, 4) is 0 Å². The van der Waals surface area contributed by atoms with Crippen molar-refractivity contribution in [2.75, 3.05) is 0 Å². The molecule has 2 heterocycles. The summed E-state index contributed by atoms with van der Waals surface area (Å²) in [6, 6.07) is 12.2. The second-order valence-corrected chi connectivity index (χ2v) is 6.66. The highest BCUT2D eigenvalue weighted by atomic mass is 79.9. The summed E-state index contributed by atoms with van der Waals surface area (Å²) in [5, 5.41) is -0.157. The molecule has 21 heavy (non-hydrogen) atoms. The SMILES string of the molecule is Cc1ccc2nc(C(C)Cl)n(Cc3ccc(Br)cc3)c2n1. The highest BCUT2D eigenvalue weighted by molar-refractivity contribution is 9.10. The van der Waals surface area contributed by atoms with Crippen LogP contribution in [-0.4, -0.2) is 14.5 Å². The number of aryl methyl sites for hydroxylation is 1. The smallest absolute Gasteiger partial charge is 0.160 e. The molecule has 0 aliphatic rings. The highest BCUT2D eigenvalue weighted by Gasteiger charge is 2.16. The number of pyridine rings is 1. The molecule has 0 bridgehead atoms. The molecule has 0 saturated heterocycles. The van der Waals surface area contributed by atoms with Gasteiger partial charge in [-0.05, 0) is 43.7 Å². The van der Waals surface area contributed by atoms with Crippen molar-refractivity contribution in [1.29, 1.82) is 0 Å². The van der Waals surface area contributed by atoms with E-state index in [0.29, 0.717) is 6.54 Å². The Morgan fingerprint density at radius 2 is 1.86 bits per heavy atom. The molecular formula is C16H15BrClN3. The number of rotatable bonds is 3. The fourth-order valence-corrected chi connectivity index (χ4v) is 2.78. The van der Waals surface area contributed by atoms with Gasteiger partial charge in [-0.25, -0.2) is 9.97 Å². The van der Waals surface area contributed by atoms with Crippen molar-refractivity contribution in [3.05, 3.63) is 58.0 Å². The molecule has 0 aliphatic carbocycles. The Kier molecular flexibility index (Phi) is 4.00. The van der Waals surface area contributed by atoms with Gasteiger partial charge < -0.3 is 4.57 Å². The number of alkyl halides is 1. The first-order chi connectivity index (χ1) is 10.0. The van der Waals surface area contributed by atoms with Crippen molar-refractivity contribution in [3.63, 3.8) is 0 Å². The number of hydrogen-bond acceptors (Lipinski definition) is 2. The van der Waals surface area contributed by atoms with Crippen LogP contribution in [0.3, 0.4) is 0 Å². The fraction of sp³-hybridized carbons (Fsp3) is 0.250. The average molecular weight is 365 g/mol. The van der Waals surface area contributed by atoms with Gasteiger partial charge in [-0.2, -0.15) is 0 Å². The fourth-order valence-electron chi connectivity index (χ4n) is 2.35. The first-order valence-corrected chi connectivity index (χ1v) is 8.00. The van der Waals surface area contributed by atoms with E-state index in [1.807, 2.05) is 38.1 Å². The molecule has 0 spiro atoms. The summed E-state index contributed by atoms with van der Waals surface area (Å²) in [6.45, 7) is 4.64. The quantitative estimate of drug-likeness (QED) is 0.622. The van der Waals surface area contributed by atoms with Crippen molar-refractivity contribution >= 4 is 38.7 Å². The van der Waals surface area contributed by atoms with Crippen LogP contribution in [0.5, 0.6) is 0 Å². The summed E-state index contributed by atoms with van der Waals surface area (Å²) < 4.78 is 3.17. The molecule has 0 aliphatic heterocycles. The molecule has 2 aromatic heterocycles. The third-order valence-corrected chi connectivity index (χ3v) is 4.09. The van der Waals surface area contributed by atoms with Crippen LogP contribution in [0.4, 0.5) is 0 Å². The van der Waals surface area contributed by atoms with Gasteiger partial charge in [0, 0.05) is 10.2 Å². The van der Waals surface area contributed by atoms with Crippen LogP contribution in [0.25, 0.3) is 11.2 Å². The topological polar surface area (TPSA) is 30.7 Å². The third kappa shape index (κ3) is 2.97. The van der Waals surface area contributed by atoms with Gasteiger partial charge in [-0.3, -0.25) is 0 Å². The molecule has 0 fully saturated rings. The molecule has 3 nitrogen and oxygen atoms in total. The third-order valence-electron chi connectivity index (χ3n) is 3.37. The minimum atomic E-state index is -0.157. The van der Waals surface area contributed by atoms with Gasteiger partial charge in [-0.15, -0.1) is 11.6 Å². The minimum Gasteiger partial charge on any atom is -0.307 e. The number of fused-ring (bicyclic) bond motifs is 1. The van der Waals surface area contributed by atoms with Crippen LogP contribution in [0.2, 0.25) is 0 Å². The van der Waals surface area contributed by atoms with Crippen LogP contribution in [0.15, 0.2) is 40.9 Å². The maximum Gasteiger partial charge on any atom is 0.160 e. The molecule has 108 valence electrons. The Labute approximate surface area is 137 Å². The summed E-state index contributed by atoms with van der Waals surface area (Å²) in [6.07, 6.45) is 0. The van der Waals surface area contributed by atoms with E-state index in [9.17, 15) is 0 Å². The first kappa shape index (κ1) is 14.5. The molecule has 0 saturated carbocycles. The number of aromatic nitrogens is 3. The molecule has 3 aromatic rings. The molecule has 3 rings (SSSR count). The van der Waals surface area contributed by atoms with E-state index >= 15 is 0 Å². The molecular weight excluding hydrogens is 350 g/mol. The first-order valence-electron chi connectivity index (χ1n) is 6.77. The molecule has 1 atom stereocenters. The Hall–Kier alpha value is -1.39. The normalized spacial score (nSPS) is 12.8. The van der Waals surface area contributed by atoms with Gasteiger partial charge in [0.15, 0.2) is 5.65 Å². The minimum absolute atomic E-state index is 0.157. The standard InChI is InChI=1S/C16H15BrClN3/c1-10-3-8-14-16(19-10)21(15(20-14)11(2)18)9-12-4-6-13(17)7-5-12/h3-8,11H,9H2,1-2H3. The lowest BCUT2D eigenvalue weighted by Gasteiger charge is -2.10. The van der Waals surface area contributed by atoms with E-state index in [2.05, 4.69) is 42.6 Å². The summed E-state index contributed by atoms with van der Waals surface area (Å²) in [7, 11) is 0. The number of benzene rings is 1. The second-order valence-electron chi connectivity index (χ2n) is 5.09. The van der Waals surface area contributed by atoms with Crippen molar-refractivity contribution in [2.24, 2.45) is 0 Å². The van der Waals surface area contributed by atoms with Crippen LogP contribution in [-0.2, 0) is 6.54 Å². The van der Waals surface area contributed by atoms with Crippen molar-refractivity contribution in [2.45, 2.75) is 25.8 Å². The predicted molar refractivity (Wildman–Crippen MR) is 89.8 cm³/mol. The summed E-state index contributed by atoms with van der Waals surface area (Å²) >= 11 is 9.75. The van der Waals surface area contributed by atoms with Gasteiger partial charge in [0.25, 0.3) is 0 Å². The molecule has 0 radical (unpaired) electrons. The largest absolute Gasteiger partial charge is 0.307 e. The van der Waals surface area contributed by atoms with Gasteiger partial charge in [0.1, 0.15) is 11.3 Å². The molecule has 1 aromatic carbocycles. The Balaban J connectivity index is 2.12. The zero-order chi connectivity index (χ0) is 15.0. The van der Waals surface area contributed by atoms with Gasteiger partial charge in [0.05, 0.1) is 11.9 Å². The lowest BCUT2D eigenvalue weighted by molar-refractivity contribution is 0.735. The van der Waals surface area contributed by atoms with E-state index in [1.165, 1.54) is 5.56 Å². The summed E-state index contributed by atoms with van der Waals surface area (Å²) in [5.74, 6) is 0.854. The maximum absolute atomic E-state index is 6.29. The molecule has 0 N–H and O–H groups in total. The number of nitrogens with zero attached hydrogens (tertiary/aromatic N) is 3. The van der Waals surface area contributed by atoms with E-state index in [4.69, 9.17) is 11.6 Å². The van der Waals surface area contributed by atoms with E-state index in [0.717, 1.165) is 27.2 Å². The zero-order valence-electron chi connectivity index (χ0n) is 11.8. The lowest BCUT2D eigenvalue weighted by atomic mass is 10.2. The van der Waals surface area contributed by atoms with Crippen LogP contribution in [0, 0.1) is 6.92 Å². The molecule has 0 amide bonds. The van der Waals surface area contributed by atoms with Crippen molar-refractivity contribution < 1.29 is 0 Å². The average Bonchev–Trinajstić information content (AvgIpc) is 2.80. The lowest BCUT2D eigenvalue weighted by Crippen LogP contribution is -2.06. The zero-order valence-corrected chi connectivity index (χ0v) is 14.2. The Morgan fingerprint density at radius 1 is 1.14 bits per heavy atom. The highest BCUT2D eigenvalue weighted by Crippen LogP contribution is 2.25. The van der Waals surface area contributed by atoms with Gasteiger partial charge >= 0.3 is 0 Å². The second kappa shape index (κ2) is 5.78. The van der Waals surface area contributed by atoms with Crippen LogP contribution >= 0.6 is 27.5 Å². The maximum atomic E-state index is 6.29. The Bertz CT molecular complexity index is 778. The number of hydrogen-bond donors (Lipinski definition) is 0. The monoisotopic (exact) mass is 363 g/mol. The van der Waals surface area contributed by atoms with E-state index in [-0.39, 0.29) is 5.38 Å². The number of imidazole rings is 1. The van der Waals surface area contributed by atoms with Crippen LogP contribution in [0.1, 0.15) is 29.4 Å². The Morgan fingerprint density at radius 3 is 2.52 bits per heavy atom. The van der Waals surface area contributed by atoms with E-state index in [1.54, 1.807) is 0 Å². The van der Waals surface area contributed by atoms with Gasteiger partial charge in [-0.1, -0.05) is 28.1 Å². The summed E-state index contributed by atoms with van der Waals surface area (Å²) in [5.41, 5.74) is 3.95. The number of halogens is 2. The van der Waals surface area contributed by atoms with E-state index < -0.39 is 0 Å². The summed E-state index contributed by atoms with van der Waals surface area (Å²) in [4.78, 5) is 9.25. The van der Waals surface area contributed by atoms with Crippen LogP contribution < -0.4 is 0 Å². The van der Waals surface area contributed by atoms with Gasteiger partial charge in [0.2, 0.25) is 0 Å². The molecule has 5 heteroatoms. The molecule has 1 unspecified atom stereocenters.